The molecule has 6 nitrogen and oxygen atoms in total. The summed E-state index contributed by atoms with van der Waals surface area (Å²) in [5.41, 5.74) is 0.564. The van der Waals surface area contributed by atoms with Gasteiger partial charge in [0.15, 0.2) is 11.6 Å². The van der Waals surface area contributed by atoms with Crippen molar-refractivity contribution in [3.05, 3.63) is 34.0 Å². The summed E-state index contributed by atoms with van der Waals surface area (Å²) in [5, 5.41) is 25.9. The molecule has 2 rings (SSSR count). The van der Waals surface area contributed by atoms with Crippen LogP contribution in [0.15, 0.2) is 18.2 Å². The summed E-state index contributed by atoms with van der Waals surface area (Å²) in [6.07, 6.45) is 0. The quantitative estimate of drug-likeness (QED) is 0.438. The Morgan fingerprint density at radius 2 is 2.31 bits per heavy atom. The zero-order valence-electron chi connectivity index (χ0n) is 7.89. The van der Waals surface area contributed by atoms with Gasteiger partial charge >= 0.3 is 0 Å². The molecule has 0 atom stereocenters. The molecule has 0 bridgehead atoms. The minimum absolute atomic E-state index is 0.0845. The van der Waals surface area contributed by atoms with E-state index in [1.54, 1.807) is 18.2 Å². The molecule has 1 aromatic carbocycles. The molecule has 0 aliphatic heterocycles. The van der Waals surface area contributed by atoms with Crippen molar-refractivity contribution in [1.29, 1.82) is 5.26 Å². The van der Waals surface area contributed by atoms with Gasteiger partial charge in [-0.2, -0.15) is 10.4 Å². The van der Waals surface area contributed by atoms with Crippen molar-refractivity contribution >= 4 is 16.6 Å². The highest BCUT2D eigenvalue weighted by Crippen LogP contribution is 2.24. The summed E-state index contributed by atoms with van der Waals surface area (Å²) in [4.78, 5) is 10.2. The van der Waals surface area contributed by atoms with E-state index < -0.39 is 4.92 Å². The van der Waals surface area contributed by atoms with Crippen LogP contribution in [0.5, 0.6) is 0 Å². The standard InChI is InChI=1S/C10H4N4O2/c11-6-2-4-8-7-3-1-5-9(14(15)16)10(7)13-12-8/h1,3,5H,(H,12,13). The lowest BCUT2D eigenvalue weighted by molar-refractivity contribution is -0.383. The van der Waals surface area contributed by atoms with Crippen LogP contribution in [-0.4, -0.2) is 15.1 Å². The molecule has 0 fully saturated rings. The first-order chi connectivity index (χ1) is 7.74. The predicted octanol–water partition coefficient (Wildman–Crippen LogP) is 1.35. The highest BCUT2D eigenvalue weighted by molar-refractivity contribution is 5.90. The number of fused-ring (bicyclic) bond motifs is 1. The van der Waals surface area contributed by atoms with E-state index in [0.29, 0.717) is 11.1 Å². The van der Waals surface area contributed by atoms with E-state index in [2.05, 4.69) is 22.0 Å². The number of para-hydroxylation sites is 1. The molecule has 76 valence electrons. The van der Waals surface area contributed by atoms with Crippen LogP contribution in [0.1, 0.15) is 5.69 Å². The first kappa shape index (κ1) is 9.69. The van der Waals surface area contributed by atoms with Crippen LogP contribution in [0.3, 0.4) is 0 Å². The van der Waals surface area contributed by atoms with E-state index in [1.165, 1.54) is 6.07 Å². The highest BCUT2D eigenvalue weighted by atomic mass is 16.6. The van der Waals surface area contributed by atoms with Crippen LogP contribution >= 0.6 is 0 Å². The maximum atomic E-state index is 10.7. The number of aromatic nitrogens is 2. The summed E-state index contributed by atoms with van der Waals surface area (Å²) >= 11 is 0. The first-order valence-electron chi connectivity index (χ1n) is 4.25. The number of nitriles is 1. The van der Waals surface area contributed by atoms with E-state index in [4.69, 9.17) is 5.26 Å². The number of nitrogens with one attached hydrogen (secondary N) is 1. The average molecular weight is 212 g/mol. The number of aromatic amines is 1. The van der Waals surface area contributed by atoms with Crippen LogP contribution < -0.4 is 0 Å². The van der Waals surface area contributed by atoms with E-state index in [-0.39, 0.29) is 11.2 Å². The number of nitro groups is 1. The zero-order chi connectivity index (χ0) is 11.5. The van der Waals surface area contributed by atoms with Crippen LogP contribution in [-0.2, 0) is 0 Å². The fraction of sp³-hybridized carbons (Fsp3) is 0. The molecule has 2 aromatic rings. The molecule has 16 heavy (non-hydrogen) atoms. The van der Waals surface area contributed by atoms with Gasteiger partial charge in [-0.15, -0.1) is 0 Å². The van der Waals surface area contributed by atoms with E-state index in [9.17, 15) is 10.1 Å². The van der Waals surface area contributed by atoms with Gasteiger partial charge in [0.05, 0.1) is 4.92 Å². The zero-order valence-corrected chi connectivity index (χ0v) is 7.89. The Labute approximate surface area is 89.6 Å². The number of hydrogen-bond donors (Lipinski definition) is 1. The Morgan fingerprint density at radius 3 is 3.00 bits per heavy atom. The third-order valence-corrected chi connectivity index (χ3v) is 2.00. The highest BCUT2D eigenvalue weighted by Gasteiger charge is 2.15. The summed E-state index contributed by atoms with van der Waals surface area (Å²) in [5.74, 6) is 4.74. The molecule has 0 saturated heterocycles. The monoisotopic (exact) mass is 212 g/mol. The van der Waals surface area contributed by atoms with Gasteiger partial charge in [0.25, 0.3) is 5.69 Å². The fourth-order valence-electron chi connectivity index (χ4n) is 1.36. The van der Waals surface area contributed by atoms with Crippen molar-refractivity contribution in [3.8, 4) is 17.9 Å². The van der Waals surface area contributed by atoms with Gasteiger partial charge < -0.3 is 0 Å². The number of nitro benzene ring substituents is 1. The van der Waals surface area contributed by atoms with Crippen molar-refractivity contribution in [2.45, 2.75) is 0 Å². The molecule has 0 saturated carbocycles. The molecule has 1 aromatic heterocycles. The smallest absolute Gasteiger partial charge is 0.268 e. The number of non-ortho nitro benzene ring substituents is 1. The molecule has 0 aliphatic carbocycles. The molecular formula is C10H4N4O2. The molecule has 0 amide bonds. The number of hydrogen-bond acceptors (Lipinski definition) is 4. The summed E-state index contributed by atoms with van der Waals surface area (Å²) in [7, 11) is 0. The van der Waals surface area contributed by atoms with Gasteiger partial charge in [0, 0.05) is 17.4 Å². The van der Waals surface area contributed by atoms with Crippen molar-refractivity contribution in [3.63, 3.8) is 0 Å². The van der Waals surface area contributed by atoms with Gasteiger partial charge in [-0.05, 0) is 12.0 Å². The van der Waals surface area contributed by atoms with Crippen LogP contribution in [0.4, 0.5) is 5.69 Å². The second-order valence-electron chi connectivity index (χ2n) is 2.89. The summed E-state index contributed by atoms with van der Waals surface area (Å²) in [6.45, 7) is 0. The third kappa shape index (κ3) is 1.45. The second kappa shape index (κ2) is 3.71. The Kier molecular flexibility index (Phi) is 2.25. The Hall–Kier alpha value is -2.86. The number of H-pyrrole nitrogens is 1. The van der Waals surface area contributed by atoms with Crippen LogP contribution in [0, 0.1) is 33.3 Å². The Balaban J connectivity index is 2.72. The van der Waals surface area contributed by atoms with Gasteiger partial charge in [-0.25, -0.2) is 0 Å². The van der Waals surface area contributed by atoms with Crippen molar-refractivity contribution in [1.82, 2.24) is 10.2 Å². The first-order valence-corrected chi connectivity index (χ1v) is 4.25. The molecule has 0 aliphatic rings. The minimum Gasteiger partial charge on any atom is -0.268 e. The SMILES string of the molecule is N#CC#Cc1[nH]nc2c([N+](=O)[O-])cccc12. The largest absolute Gasteiger partial charge is 0.297 e. The Bertz CT molecular complexity index is 669. The molecular weight excluding hydrogens is 208 g/mol. The van der Waals surface area contributed by atoms with Gasteiger partial charge in [0.1, 0.15) is 5.69 Å². The molecule has 1 N–H and O–H groups in total. The fourth-order valence-corrected chi connectivity index (χ4v) is 1.36. The third-order valence-electron chi connectivity index (χ3n) is 2.00. The maximum absolute atomic E-state index is 10.7. The van der Waals surface area contributed by atoms with E-state index in [1.807, 2.05) is 0 Å². The van der Waals surface area contributed by atoms with Crippen molar-refractivity contribution < 1.29 is 4.92 Å². The maximum Gasteiger partial charge on any atom is 0.297 e. The number of benzene rings is 1. The average Bonchev–Trinajstić information content (AvgIpc) is 2.69. The van der Waals surface area contributed by atoms with Gasteiger partial charge in [0.2, 0.25) is 0 Å². The summed E-state index contributed by atoms with van der Waals surface area (Å²) < 4.78 is 0. The van der Waals surface area contributed by atoms with Gasteiger partial charge in [-0.1, -0.05) is 6.07 Å². The minimum atomic E-state index is -0.509. The van der Waals surface area contributed by atoms with E-state index in [0.717, 1.165) is 0 Å². The van der Waals surface area contributed by atoms with Crippen molar-refractivity contribution in [2.75, 3.05) is 0 Å². The lowest BCUT2D eigenvalue weighted by Gasteiger charge is -1.91. The van der Waals surface area contributed by atoms with E-state index >= 15 is 0 Å². The Morgan fingerprint density at radius 1 is 1.50 bits per heavy atom. The van der Waals surface area contributed by atoms with Crippen molar-refractivity contribution in [2.24, 2.45) is 0 Å². The summed E-state index contributed by atoms with van der Waals surface area (Å²) in [6, 6.07) is 6.24. The second-order valence-corrected chi connectivity index (χ2v) is 2.89. The topological polar surface area (TPSA) is 95.6 Å². The van der Waals surface area contributed by atoms with Crippen LogP contribution in [0.25, 0.3) is 10.9 Å². The normalized spacial score (nSPS) is 9.19. The predicted molar refractivity (Wildman–Crippen MR) is 55.2 cm³/mol. The molecule has 0 radical (unpaired) electrons. The molecule has 0 spiro atoms. The lowest BCUT2D eigenvalue weighted by atomic mass is 10.2. The van der Waals surface area contributed by atoms with Gasteiger partial charge in [-0.3, -0.25) is 15.2 Å². The number of rotatable bonds is 1. The molecule has 0 unspecified atom stereocenters. The lowest BCUT2D eigenvalue weighted by Crippen LogP contribution is -1.88. The van der Waals surface area contributed by atoms with Crippen LogP contribution in [0.2, 0.25) is 0 Å². The number of nitrogens with zero attached hydrogens (tertiary/aromatic N) is 3. The molecule has 1 heterocycles. The molecule has 6 heteroatoms.